The monoisotopic (exact) mass is 409 g/mol. The van der Waals surface area contributed by atoms with Crippen molar-refractivity contribution < 1.29 is 4.39 Å². The van der Waals surface area contributed by atoms with Crippen LogP contribution in [0.2, 0.25) is 0 Å². The van der Waals surface area contributed by atoms with Crippen LogP contribution >= 0.6 is 11.8 Å². The van der Waals surface area contributed by atoms with E-state index in [0.717, 1.165) is 5.56 Å². The summed E-state index contributed by atoms with van der Waals surface area (Å²) in [4.78, 5) is 29.6. The number of nitrogen functional groups attached to an aromatic ring is 2. The predicted molar refractivity (Wildman–Crippen MR) is 110 cm³/mol. The van der Waals surface area contributed by atoms with E-state index in [9.17, 15) is 9.18 Å². The summed E-state index contributed by atoms with van der Waals surface area (Å²) in [6.45, 7) is 0.251. The van der Waals surface area contributed by atoms with E-state index in [1.807, 2.05) is 6.07 Å². The number of para-hydroxylation sites is 1. The third kappa shape index (κ3) is 4.16. The van der Waals surface area contributed by atoms with Crippen LogP contribution in [0.3, 0.4) is 0 Å². The van der Waals surface area contributed by atoms with Crippen molar-refractivity contribution in [2.24, 2.45) is 0 Å². The van der Waals surface area contributed by atoms with Crippen LogP contribution < -0.4 is 17.0 Å². The van der Waals surface area contributed by atoms with Gasteiger partial charge in [0.2, 0.25) is 11.9 Å². The summed E-state index contributed by atoms with van der Waals surface area (Å²) in [5.41, 5.74) is 12.4. The Hall–Kier alpha value is -3.53. The lowest BCUT2D eigenvalue weighted by Crippen LogP contribution is -2.24. The molecule has 2 aromatic carbocycles. The van der Waals surface area contributed by atoms with E-state index in [1.54, 1.807) is 34.9 Å². The normalized spacial score (nSPS) is 11.1. The number of nitrogens with two attached hydrogens (primary N) is 2. The molecule has 0 saturated carbocycles. The molecule has 0 fully saturated rings. The van der Waals surface area contributed by atoms with Crippen molar-refractivity contribution in [3.05, 3.63) is 76.1 Å². The molecule has 0 radical (unpaired) electrons. The summed E-state index contributed by atoms with van der Waals surface area (Å²) < 4.78 is 14.8. The quantitative estimate of drug-likeness (QED) is 0.380. The van der Waals surface area contributed by atoms with Crippen molar-refractivity contribution in [1.29, 1.82) is 0 Å². The largest absolute Gasteiger partial charge is 0.368 e. The highest BCUT2D eigenvalue weighted by Crippen LogP contribution is 2.22. The van der Waals surface area contributed by atoms with E-state index < -0.39 is 0 Å². The Labute approximate surface area is 168 Å². The number of benzene rings is 2. The molecule has 10 heteroatoms. The zero-order valence-electron chi connectivity index (χ0n) is 15.1. The number of anilines is 2. The molecule has 0 aliphatic heterocycles. The third-order valence-corrected chi connectivity index (χ3v) is 5.10. The van der Waals surface area contributed by atoms with Crippen LogP contribution in [0.1, 0.15) is 11.4 Å². The number of hydrogen-bond acceptors (Lipinski definition) is 8. The van der Waals surface area contributed by atoms with Gasteiger partial charge in [-0.3, -0.25) is 9.36 Å². The van der Waals surface area contributed by atoms with Gasteiger partial charge in [0, 0.05) is 0 Å². The fourth-order valence-corrected chi connectivity index (χ4v) is 3.67. The zero-order chi connectivity index (χ0) is 20.4. The van der Waals surface area contributed by atoms with Crippen molar-refractivity contribution >= 4 is 34.6 Å². The van der Waals surface area contributed by atoms with Gasteiger partial charge in [0.15, 0.2) is 5.16 Å². The Balaban J connectivity index is 1.74. The standard InChI is InChI=1S/C19H16FN7OS/c20-12-7-5-11(6-8-12)9-27-16(28)13-3-1-2-4-14(13)23-19(27)29-10-15-24-17(21)26-18(22)25-15/h1-8H,9-10H2,(H4,21,22,24,25,26). The topological polar surface area (TPSA) is 126 Å². The van der Waals surface area contributed by atoms with Gasteiger partial charge in [0.05, 0.1) is 23.2 Å². The molecule has 146 valence electrons. The maximum atomic E-state index is 13.2. The van der Waals surface area contributed by atoms with Crippen molar-refractivity contribution in [1.82, 2.24) is 24.5 Å². The van der Waals surface area contributed by atoms with E-state index in [2.05, 4.69) is 19.9 Å². The molecule has 2 aromatic heterocycles. The van der Waals surface area contributed by atoms with E-state index in [0.29, 0.717) is 27.6 Å². The molecule has 0 spiro atoms. The first-order valence-corrected chi connectivity index (χ1v) is 9.61. The van der Waals surface area contributed by atoms with Gasteiger partial charge in [-0.2, -0.15) is 15.0 Å². The highest BCUT2D eigenvalue weighted by atomic mass is 32.2. The van der Waals surface area contributed by atoms with Gasteiger partial charge < -0.3 is 11.5 Å². The van der Waals surface area contributed by atoms with Crippen molar-refractivity contribution in [2.45, 2.75) is 17.5 Å². The lowest BCUT2D eigenvalue weighted by molar-refractivity contribution is 0.622. The first-order valence-electron chi connectivity index (χ1n) is 8.62. The lowest BCUT2D eigenvalue weighted by Gasteiger charge is -2.13. The van der Waals surface area contributed by atoms with Gasteiger partial charge in [0.25, 0.3) is 5.56 Å². The molecule has 0 atom stereocenters. The van der Waals surface area contributed by atoms with Crippen molar-refractivity contribution in [3.63, 3.8) is 0 Å². The van der Waals surface area contributed by atoms with E-state index >= 15 is 0 Å². The minimum atomic E-state index is -0.336. The smallest absolute Gasteiger partial charge is 0.262 e. The lowest BCUT2D eigenvalue weighted by atomic mass is 10.2. The summed E-state index contributed by atoms with van der Waals surface area (Å²) in [6.07, 6.45) is 0. The molecular formula is C19H16FN7OS. The number of halogens is 1. The van der Waals surface area contributed by atoms with Crippen molar-refractivity contribution in [2.75, 3.05) is 11.5 Å². The first kappa shape index (κ1) is 18.8. The molecule has 0 aliphatic carbocycles. The summed E-state index contributed by atoms with van der Waals surface area (Å²) in [7, 11) is 0. The highest BCUT2D eigenvalue weighted by molar-refractivity contribution is 7.98. The van der Waals surface area contributed by atoms with Crippen LogP contribution in [-0.2, 0) is 12.3 Å². The first-order chi connectivity index (χ1) is 14.0. The summed E-state index contributed by atoms with van der Waals surface area (Å²) >= 11 is 1.28. The van der Waals surface area contributed by atoms with Gasteiger partial charge in [-0.05, 0) is 29.8 Å². The number of hydrogen-bond donors (Lipinski definition) is 2. The Morgan fingerprint density at radius 1 is 0.931 bits per heavy atom. The van der Waals surface area contributed by atoms with Gasteiger partial charge in [-0.1, -0.05) is 36.0 Å². The Kier molecular flexibility index (Phi) is 5.09. The molecule has 8 nitrogen and oxygen atoms in total. The van der Waals surface area contributed by atoms with Crippen LogP contribution in [0.15, 0.2) is 58.5 Å². The number of nitrogens with zero attached hydrogens (tertiary/aromatic N) is 5. The molecule has 4 N–H and O–H groups in total. The number of aromatic nitrogens is 5. The molecule has 0 unspecified atom stereocenters. The predicted octanol–water partition coefficient (Wildman–Crippen LogP) is 2.23. The zero-order valence-corrected chi connectivity index (χ0v) is 15.9. The van der Waals surface area contributed by atoms with E-state index in [-0.39, 0.29) is 29.8 Å². The minimum Gasteiger partial charge on any atom is -0.368 e. The van der Waals surface area contributed by atoms with Crippen LogP contribution in [0.4, 0.5) is 16.3 Å². The minimum absolute atomic E-state index is 0.0308. The molecule has 0 saturated heterocycles. The average Bonchev–Trinajstić information content (AvgIpc) is 2.70. The van der Waals surface area contributed by atoms with Crippen LogP contribution in [0.25, 0.3) is 10.9 Å². The molecule has 4 rings (SSSR count). The Morgan fingerprint density at radius 2 is 1.62 bits per heavy atom. The van der Waals surface area contributed by atoms with Gasteiger partial charge >= 0.3 is 0 Å². The number of fused-ring (bicyclic) bond motifs is 1. The fourth-order valence-electron chi connectivity index (χ4n) is 2.82. The van der Waals surface area contributed by atoms with Gasteiger partial charge in [-0.15, -0.1) is 0 Å². The van der Waals surface area contributed by atoms with Crippen LogP contribution in [-0.4, -0.2) is 24.5 Å². The molecule has 4 aromatic rings. The van der Waals surface area contributed by atoms with Crippen LogP contribution in [0, 0.1) is 5.82 Å². The third-order valence-electron chi connectivity index (χ3n) is 4.13. The Morgan fingerprint density at radius 3 is 2.34 bits per heavy atom. The van der Waals surface area contributed by atoms with E-state index in [1.165, 1.54) is 23.9 Å². The molecular weight excluding hydrogens is 393 g/mol. The van der Waals surface area contributed by atoms with E-state index in [4.69, 9.17) is 11.5 Å². The average molecular weight is 409 g/mol. The summed E-state index contributed by atoms with van der Waals surface area (Å²) in [5, 5.41) is 0.989. The second-order valence-corrected chi connectivity index (χ2v) is 7.13. The molecule has 0 bridgehead atoms. The fraction of sp³-hybridized carbons (Fsp3) is 0.105. The molecule has 0 aliphatic rings. The number of thioether (sulfide) groups is 1. The molecule has 2 heterocycles. The Bertz CT molecular complexity index is 1220. The van der Waals surface area contributed by atoms with Gasteiger partial charge in [-0.25, -0.2) is 9.37 Å². The highest BCUT2D eigenvalue weighted by Gasteiger charge is 2.13. The molecule has 0 amide bonds. The summed E-state index contributed by atoms with van der Waals surface area (Å²) in [6, 6.07) is 13.1. The van der Waals surface area contributed by atoms with Crippen LogP contribution in [0.5, 0.6) is 0 Å². The summed E-state index contributed by atoms with van der Waals surface area (Å²) in [5.74, 6) is 0.408. The van der Waals surface area contributed by atoms with Crippen molar-refractivity contribution in [3.8, 4) is 0 Å². The number of rotatable bonds is 5. The molecule has 29 heavy (non-hydrogen) atoms. The van der Waals surface area contributed by atoms with Gasteiger partial charge in [0.1, 0.15) is 11.6 Å². The second kappa shape index (κ2) is 7.84. The maximum absolute atomic E-state index is 13.2. The maximum Gasteiger partial charge on any atom is 0.262 e. The second-order valence-electron chi connectivity index (χ2n) is 6.19. The SMILES string of the molecule is Nc1nc(N)nc(CSc2nc3ccccc3c(=O)n2Cc2ccc(F)cc2)n1.